The molecule has 2 aromatic carbocycles. The Hall–Kier alpha value is -2.11. The molecule has 0 fully saturated rings. The van der Waals surface area contributed by atoms with Crippen molar-refractivity contribution in [2.75, 3.05) is 35.6 Å². The van der Waals surface area contributed by atoms with Crippen LogP contribution in [0.5, 0.6) is 5.75 Å². The smallest absolute Gasteiger partial charge is 0.243 e. The van der Waals surface area contributed by atoms with E-state index in [-0.39, 0.29) is 12.5 Å². The first-order valence-corrected chi connectivity index (χ1v) is 7.81. The van der Waals surface area contributed by atoms with Gasteiger partial charge in [-0.2, -0.15) is 0 Å². The highest BCUT2D eigenvalue weighted by Gasteiger charge is 2.20. The number of carbonyl (C=O) groups is 1. The lowest BCUT2D eigenvalue weighted by Crippen LogP contribution is -2.38. The standard InChI is InChI=1S/C16H15Cl2N3O2/c17-10-1-3-12(18)13(7-10)20-16(22)9-21-5-6-23-15-4-2-11(19)8-14(15)21/h1-4,7-8H,5-6,9,19H2,(H,20,22). The average molecular weight is 352 g/mol. The summed E-state index contributed by atoms with van der Waals surface area (Å²) < 4.78 is 5.58. The highest BCUT2D eigenvalue weighted by molar-refractivity contribution is 6.35. The number of nitrogens with one attached hydrogen (secondary N) is 1. The molecule has 7 heteroatoms. The fourth-order valence-electron chi connectivity index (χ4n) is 2.41. The zero-order valence-corrected chi connectivity index (χ0v) is 13.7. The van der Waals surface area contributed by atoms with Gasteiger partial charge in [0.05, 0.1) is 29.5 Å². The number of nitrogen functional groups attached to an aromatic ring is 1. The Balaban J connectivity index is 1.74. The number of ether oxygens (including phenoxy) is 1. The molecule has 0 aliphatic carbocycles. The van der Waals surface area contributed by atoms with Crippen molar-refractivity contribution in [3.8, 4) is 5.75 Å². The Morgan fingerprint density at radius 3 is 2.91 bits per heavy atom. The number of anilines is 3. The summed E-state index contributed by atoms with van der Waals surface area (Å²) in [6.07, 6.45) is 0. The number of carbonyl (C=O) groups excluding carboxylic acids is 1. The molecule has 0 radical (unpaired) electrons. The predicted octanol–water partition coefficient (Wildman–Crippen LogP) is 3.41. The van der Waals surface area contributed by atoms with Gasteiger partial charge >= 0.3 is 0 Å². The van der Waals surface area contributed by atoms with Gasteiger partial charge in [0.25, 0.3) is 0 Å². The predicted molar refractivity (Wildman–Crippen MR) is 93.7 cm³/mol. The Kier molecular flexibility index (Phi) is 4.50. The summed E-state index contributed by atoms with van der Waals surface area (Å²) in [6, 6.07) is 10.3. The van der Waals surface area contributed by atoms with Crippen molar-refractivity contribution in [1.29, 1.82) is 0 Å². The summed E-state index contributed by atoms with van der Waals surface area (Å²) in [7, 11) is 0. The second-order valence-electron chi connectivity index (χ2n) is 5.17. The van der Waals surface area contributed by atoms with E-state index in [0.717, 1.165) is 11.4 Å². The van der Waals surface area contributed by atoms with Crippen LogP contribution >= 0.6 is 23.2 Å². The van der Waals surface area contributed by atoms with Gasteiger partial charge in [-0.1, -0.05) is 23.2 Å². The molecule has 1 amide bonds. The van der Waals surface area contributed by atoms with Gasteiger partial charge in [0.1, 0.15) is 12.4 Å². The van der Waals surface area contributed by atoms with Gasteiger partial charge in [-0.3, -0.25) is 4.79 Å². The molecule has 1 aliphatic heterocycles. The van der Waals surface area contributed by atoms with Crippen LogP contribution in [0.4, 0.5) is 17.1 Å². The second-order valence-corrected chi connectivity index (χ2v) is 6.01. The van der Waals surface area contributed by atoms with Crippen LogP contribution in [0.2, 0.25) is 10.0 Å². The first-order chi connectivity index (χ1) is 11.0. The molecule has 3 rings (SSSR count). The number of nitrogens with two attached hydrogens (primary N) is 1. The molecular weight excluding hydrogens is 337 g/mol. The van der Waals surface area contributed by atoms with Crippen molar-refractivity contribution in [1.82, 2.24) is 0 Å². The van der Waals surface area contributed by atoms with Gasteiger partial charge in [-0.25, -0.2) is 0 Å². The van der Waals surface area contributed by atoms with Gasteiger partial charge in [0.15, 0.2) is 0 Å². The maximum Gasteiger partial charge on any atom is 0.243 e. The summed E-state index contributed by atoms with van der Waals surface area (Å²) in [4.78, 5) is 14.2. The summed E-state index contributed by atoms with van der Waals surface area (Å²) in [6.45, 7) is 1.29. The lowest BCUT2D eigenvalue weighted by atomic mass is 10.2. The minimum absolute atomic E-state index is 0.169. The summed E-state index contributed by atoms with van der Waals surface area (Å²) >= 11 is 12.0. The number of benzene rings is 2. The molecule has 120 valence electrons. The SMILES string of the molecule is Nc1ccc2c(c1)N(CC(=O)Nc1cc(Cl)ccc1Cl)CCO2. The lowest BCUT2D eigenvalue weighted by Gasteiger charge is -2.30. The van der Waals surface area contributed by atoms with Crippen molar-refractivity contribution < 1.29 is 9.53 Å². The van der Waals surface area contributed by atoms with Crippen LogP contribution in [0, 0.1) is 0 Å². The summed E-state index contributed by atoms with van der Waals surface area (Å²) in [5.74, 6) is 0.531. The quantitative estimate of drug-likeness (QED) is 0.831. The number of nitrogens with zero attached hydrogens (tertiary/aromatic N) is 1. The van der Waals surface area contributed by atoms with Gasteiger partial charge in [0, 0.05) is 10.7 Å². The molecule has 23 heavy (non-hydrogen) atoms. The van der Waals surface area contributed by atoms with Crippen LogP contribution in [0.3, 0.4) is 0 Å². The maximum absolute atomic E-state index is 12.3. The van der Waals surface area contributed by atoms with Crippen LogP contribution in [0.1, 0.15) is 0 Å². The Bertz CT molecular complexity index is 752. The number of halogens is 2. The maximum atomic E-state index is 12.3. The van der Waals surface area contributed by atoms with Crippen molar-refractivity contribution in [3.63, 3.8) is 0 Å². The van der Waals surface area contributed by atoms with E-state index in [2.05, 4.69) is 5.32 Å². The zero-order chi connectivity index (χ0) is 16.4. The topological polar surface area (TPSA) is 67.6 Å². The molecule has 0 saturated carbocycles. The highest BCUT2D eigenvalue weighted by Crippen LogP contribution is 2.33. The van der Waals surface area contributed by atoms with Crippen LogP contribution < -0.4 is 20.7 Å². The largest absolute Gasteiger partial charge is 0.490 e. The Labute approximate surface area is 143 Å². The zero-order valence-electron chi connectivity index (χ0n) is 12.2. The second kappa shape index (κ2) is 6.56. The van der Waals surface area contributed by atoms with Gasteiger partial charge in [0.2, 0.25) is 5.91 Å². The van der Waals surface area contributed by atoms with Crippen LogP contribution in [-0.4, -0.2) is 25.6 Å². The fourth-order valence-corrected chi connectivity index (χ4v) is 2.75. The monoisotopic (exact) mass is 351 g/mol. The van der Waals surface area contributed by atoms with E-state index in [1.54, 1.807) is 30.3 Å². The first-order valence-electron chi connectivity index (χ1n) is 7.05. The molecule has 0 unspecified atom stereocenters. The van der Waals surface area contributed by atoms with Crippen LogP contribution in [0.25, 0.3) is 0 Å². The average Bonchev–Trinajstić information content (AvgIpc) is 2.51. The van der Waals surface area contributed by atoms with Crippen molar-refractivity contribution in [2.45, 2.75) is 0 Å². The third-order valence-electron chi connectivity index (χ3n) is 3.48. The number of rotatable bonds is 3. The molecule has 1 heterocycles. The number of hydrogen-bond donors (Lipinski definition) is 2. The lowest BCUT2D eigenvalue weighted by molar-refractivity contribution is -0.115. The Morgan fingerprint density at radius 1 is 1.26 bits per heavy atom. The fraction of sp³-hybridized carbons (Fsp3) is 0.188. The molecule has 0 saturated heterocycles. The third-order valence-corrected chi connectivity index (χ3v) is 4.04. The van der Waals surface area contributed by atoms with Gasteiger partial charge < -0.3 is 20.7 Å². The van der Waals surface area contributed by atoms with Crippen molar-refractivity contribution in [2.24, 2.45) is 0 Å². The van der Waals surface area contributed by atoms with E-state index in [9.17, 15) is 4.79 Å². The van der Waals surface area contributed by atoms with E-state index >= 15 is 0 Å². The molecule has 1 aliphatic rings. The minimum atomic E-state index is -0.190. The van der Waals surface area contributed by atoms with E-state index in [0.29, 0.717) is 34.6 Å². The molecule has 5 nitrogen and oxygen atoms in total. The van der Waals surface area contributed by atoms with Gasteiger partial charge in [-0.05, 0) is 36.4 Å². The van der Waals surface area contributed by atoms with E-state index in [4.69, 9.17) is 33.7 Å². The van der Waals surface area contributed by atoms with E-state index in [1.807, 2.05) is 11.0 Å². The molecule has 2 aromatic rings. The first kappa shape index (κ1) is 15.8. The normalized spacial score (nSPS) is 13.2. The van der Waals surface area contributed by atoms with Crippen LogP contribution in [0.15, 0.2) is 36.4 Å². The highest BCUT2D eigenvalue weighted by atomic mass is 35.5. The molecule has 0 atom stereocenters. The summed E-state index contributed by atoms with van der Waals surface area (Å²) in [5, 5.41) is 3.72. The summed E-state index contributed by atoms with van der Waals surface area (Å²) in [5.41, 5.74) is 7.74. The molecule has 3 N–H and O–H groups in total. The van der Waals surface area contributed by atoms with Crippen molar-refractivity contribution >= 4 is 46.2 Å². The molecule has 0 spiro atoms. The number of hydrogen-bond acceptors (Lipinski definition) is 4. The molecule has 0 aromatic heterocycles. The number of fused-ring (bicyclic) bond motifs is 1. The van der Waals surface area contributed by atoms with Crippen LogP contribution in [-0.2, 0) is 4.79 Å². The minimum Gasteiger partial charge on any atom is -0.490 e. The molecule has 0 bridgehead atoms. The van der Waals surface area contributed by atoms with E-state index < -0.39 is 0 Å². The van der Waals surface area contributed by atoms with E-state index in [1.165, 1.54) is 0 Å². The van der Waals surface area contributed by atoms with Crippen molar-refractivity contribution in [3.05, 3.63) is 46.4 Å². The third kappa shape index (κ3) is 3.63. The molecular formula is C16H15Cl2N3O2. The number of amides is 1. The Morgan fingerprint density at radius 2 is 2.09 bits per heavy atom. The van der Waals surface area contributed by atoms with Gasteiger partial charge in [-0.15, -0.1) is 0 Å².